The van der Waals surface area contributed by atoms with Crippen LogP contribution in [0.5, 0.6) is 0 Å². The minimum absolute atomic E-state index is 0.282. The van der Waals surface area contributed by atoms with E-state index in [0.29, 0.717) is 45.6 Å². The minimum atomic E-state index is -1.03. The number of nitrogens with one attached hydrogen (secondary N) is 2. The number of halogens is 1. The molecule has 3 heterocycles. The first-order valence-electron chi connectivity index (χ1n) is 8.49. The van der Waals surface area contributed by atoms with Crippen LogP contribution in [0.3, 0.4) is 0 Å². The SMILES string of the molecule is Cc1c(F)c(C(C)(C)C#N)c2[nH]ncc2c1-c1cn2cc(NC=O)nc2cn1. The molecule has 0 aliphatic rings. The molecule has 28 heavy (non-hydrogen) atoms. The van der Waals surface area contributed by atoms with Gasteiger partial charge in [0.1, 0.15) is 5.82 Å². The molecule has 0 bridgehead atoms. The number of anilines is 1. The average Bonchev–Trinajstić information content (AvgIpc) is 3.28. The number of rotatable bonds is 4. The summed E-state index contributed by atoms with van der Waals surface area (Å²) in [4.78, 5) is 19.3. The Balaban J connectivity index is 2.00. The van der Waals surface area contributed by atoms with E-state index in [4.69, 9.17) is 0 Å². The van der Waals surface area contributed by atoms with Crippen LogP contribution in [-0.2, 0) is 10.2 Å². The van der Waals surface area contributed by atoms with E-state index in [1.807, 2.05) is 0 Å². The Hall–Kier alpha value is -3.80. The van der Waals surface area contributed by atoms with Gasteiger partial charge in [0.15, 0.2) is 11.5 Å². The van der Waals surface area contributed by atoms with Crippen LogP contribution in [0.1, 0.15) is 25.0 Å². The third-order valence-corrected chi connectivity index (χ3v) is 4.79. The third kappa shape index (κ3) is 2.50. The summed E-state index contributed by atoms with van der Waals surface area (Å²) >= 11 is 0. The van der Waals surface area contributed by atoms with Crippen molar-refractivity contribution in [3.8, 4) is 17.3 Å². The molecule has 1 aromatic carbocycles. The lowest BCUT2D eigenvalue weighted by Gasteiger charge is -2.21. The normalized spacial score (nSPS) is 11.7. The van der Waals surface area contributed by atoms with Gasteiger partial charge in [-0.15, -0.1) is 0 Å². The molecule has 0 saturated carbocycles. The highest BCUT2D eigenvalue weighted by Crippen LogP contribution is 2.39. The lowest BCUT2D eigenvalue weighted by molar-refractivity contribution is -0.105. The third-order valence-electron chi connectivity index (χ3n) is 4.79. The van der Waals surface area contributed by atoms with E-state index < -0.39 is 11.2 Å². The molecule has 2 N–H and O–H groups in total. The maximum atomic E-state index is 15.4. The van der Waals surface area contributed by atoms with Crippen LogP contribution in [0.2, 0.25) is 0 Å². The zero-order valence-corrected chi connectivity index (χ0v) is 15.4. The number of imidazole rings is 1. The van der Waals surface area contributed by atoms with Gasteiger partial charge in [0.05, 0.1) is 41.3 Å². The summed E-state index contributed by atoms with van der Waals surface area (Å²) in [7, 11) is 0. The molecule has 0 fully saturated rings. The van der Waals surface area contributed by atoms with E-state index in [-0.39, 0.29) is 5.56 Å². The van der Waals surface area contributed by atoms with Crippen molar-refractivity contribution in [2.24, 2.45) is 0 Å². The first kappa shape index (κ1) is 17.6. The number of carbonyl (C=O) groups is 1. The largest absolute Gasteiger partial charge is 0.312 e. The van der Waals surface area contributed by atoms with E-state index in [0.717, 1.165) is 0 Å². The molecule has 0 saturated heterocycles. The molecule has 9 heteroatoms. The fourth-order valence-corrected chi connectivity index (χ4v) is 3.41. The molecule has 4 aromatic rings. The van der Waals surface area contributed by atoms with Gasteiger partial charge in [0.2, 0.25) is 6.41 Å². The summed E-state index contributed by atoms with van der Waals surface area (Å²) in [6.07, 6.45) is 7.04. The fraction of sp³-hybridized carbons (Fsp3) is 0.211. The van der Waals surface area contributed by atoms with Crippen LogP contribution < -0.4 is 5.32 Å². The Morgan fingerprint density at radius 1 is 1.36 bits per heavy atom. The molecule has 4 rings (SSSR count). The second kappa shape index (κ2) is 6.13. The highest BCUT2D eigenvalue weighted by Gasteiger charge is 2.31. The molecule has 0 aliphatic carbocycles. The highest BCUT2D eigenvalue weighted by molar-refractivity contribution is 5.98. The van der Waals surface area contributed by atoms with Crippen molar-refractivity contribution >= 4 is 28.8 Å². The molecule has 0 spiro atoms. The summed E-state index contributed by atoms with van der Waals surface area (Å²) in [6.45, 7) is 5.00. The topological polar surface area (TPSA) is 112 Å². The van der Waals surface area contributed by atoms with Crippen LogP contribution >= 0.6 is 0 Å². The van der Waals surface area contributed by atoms with E-state index in [1.165, 1.54) is 0 Å². The van der Waals surface area contributed by atoms with Gasteiger partial charge in [-0.1, -0.05) is 0 Å². The van der Waals surface area contributed by atoms with Crippen molar-refractivity contribution in [2.45, 2.75) is 26.2 Å². The summed E-state index contributed by atoms with van der Waals surface area (Å²) in [6, 6.07) is 2.15. The Morgan fingerprint density at radius 3 is 2.86 bits per heavy atom. The standard InChI is InChI=1S/C19H16FN7O/c1-10-15(12-6-27-7-13(23-9-28)25-14(27)5-22-12)11-4-24-26-18(11)16(17(10)20)19(2,3)8-21/h4-7,9H,1-3H3,(H,23,28)(H,24,26). The molecule has 0 aliphatic heterocycles. The van der Waals surface area contributed by atoms with Gasteiger partial charge in [0, 0.05) is 22.7 Å². The van der Waals surface area contributed by atoms with Gasteiger partial charge < -0.3 is 9.72 Å². The number of nitrogens with zero attached hydrogens (tertiary/aromatic N) is 5. The zero-order valence-electron chi connectivity index (χ0n) is 15.4. The van der Waals surface area contributed by atoms with Crippen LogP contribution in [0.4, 0.5) is 10.2 Å². The van der Waals surface area contributed by atoms with E-state index in [2.05, 4.69) is 31.6 Å². The highest BCUT2D eigenvalue weighted by atomic mass is 19.1. The summed E-state index contributed by atoms with van der Waals surface area (Å²) in [5, 5.41) is 19.6. The van der Waals surface area contributed by atoms with Crippen molar-refractivity contribution < 1.29 is 9.18 Å². The lowest BCUT2D eigenvalue weighted by Crippen LogP contribution is -2.18. The summed E-state index contributed by atoms with van der Waals surface area (Å²) < 4.78 is 17.1. The molecule has 140 valence electrons. The number of carbonyl (C=O) groups excluding carboxylic acids is 1. The average molecular weight is 377 g/mol. The van der Waals surface area contributed by atoms with Gasteiger partial charge in [-0.2, -0.15) is 10.4 Å². The zero-order chi connectivity index (χ0) is 20.1. The van der Waals surface area contributed by atoms with Crippen molar-refractivity contribution in [3.05, 3.63) is 41.7 Å². The number of amides is 1. The van der Waals surface area contributed by atoms with Crippen LogP contribution in [0.15, 0.2) is 24.8 Å². The van der Waals surface area contributed by atoms with E-state index >= 15 is 4.39 Å². The first-order chi connectivity index (χ1) is 13.4. The Morgan fingerprint density at radius 2 is 2.14 bits per heavy atom. The number of H-pyrrole nitrogens is 1. The maximum Gasteiger partial charge on any atom is 0.212 e. The van der Waals surface area contributed by atoms with Crippen LogP contribution in [0.25, 0.3) is 27.8 Å². The predicted molar refractivity (Wildman–Crippen MR) is 101 cm³/mol. The maximum absolute atomic E-state index is 15.4. The second-order valence-corrected chi connectivity index (χ2v) is 7.01. The number of benzene rings is 1. The lowest BCUT2D eigenvalue weighted by atomic mass is 9.82. The van der Waals surface area contributed by atoms with Gasteiger partial charge in [-0.25, -0.2) is 9.37 Å². The Bertz CT molecular complexity index is 1280. The quantitative estimate of drug-likeness (QED) is 0.531. The monoisotopic (exact) mass is 377 g/mol. The number of aromatic nitrogens is 5. The number of fused-ring (bicyclic) bond motifs is 2. The molecule has 1 amide bonds. The fourth-order valence-electron chi connectivity index (χ4n) is 3.41. The van der Waals surface area contributed by atoms with Crippen molar-refractivity contribution in [1.82, 2.24) is 24.6 Å². The van der Waals surface area contributed by atoms with Gasteiger partial charge in [-0.05, 0) is 26.3 Å². The van der Waals surface area contributed by atoms with Gasteiger partial charge in [0.25, 0.3) is 0 Å². The minimum Gasteiger partial charge on any atom is -0.312 e. The van der Waals surface area contributed by atoms with E-state index in [1.54, 1.807) is 50.0 Å². The molecule has 3 aromatic heterocycles. The first-order valence-corrected chi connectivity index (χ1v) is 8.49. The number of nitriles is 1. The molecule has 0 unspecified atom stereocenters. The summed E-state index contributed by atoms with van der Waals surface area (Å²) in [5.41, 5.74) is 1.74. The predicted octanol–water partition coefficient (Wildman–Crippen LogP) is 3.09. The molecular weight excluding hydrogens is 361 g/mol. The molecular formula is C19H16FN7O. The van der Waals surface area contributed by atoms with Crippen LogP contribution in [-0.4, -0.2) is 31.0 Å². The van der Waals surface area contributed by atoms with Gasteiger partial charge >= 0.3 is 0 Å². The molecule has 8 nitrogen and oxygen atoms in total. The number of hydrogen-bond donors (Lipinski definition) is 2. The van der Waals surface area contributed by atoms with E-state index in [9.17, 15) is 10.1 Å². The van der Waals surface area contributed by atoms with Gasteiger partial charge in [-0.3, -0.25) is 14.9 Å². The Labute approximate surface area is 159 Å². The van der Waals surface area contributed by atoms with Crippen molar-refractivity contribution in [2.75, 3.05) is 5.32 Å². The summed E-state index contributed by atoms with van der Waals surface area (Å²) in [5.74, 6) is -0.0782. The molecule has 0 atom stereocenters. The smallest absolute Gasteiger partial charge is 0.212 e. The van der Waals surface area contributed by atoms with Crippen molar-refractivity contribution in [3.63, 3.8) is 0 Å². The number of hydrogen-bond acceptors (Lipinski definition) is 5. The Kier molecular flexibility index (Phi) is 3.85. The molecule has 0 radical (unpaired) electrons. The second-order valence-electron chi connectivity index (χ2n) is 7.01. The number of aromatic amines is 1. The van der Waals surface area contributed by atoms with Crippen molar-refractivity contribution in [1.29, 1.82) is 5.26 Å². The van der Waals surface area contributed by atoms with Crippen LogP contribution in [0, 0.1) is 24.1 Å².